The average Bonchev–Trinajstić information content (AvgIpc) is 2.70. The molecule has 0 saturated carbocycles. The van der Waals surface area contributed by atoms with Gasteiger partial charge in [-0.25, -0.2) is 13.1 Å². The Morgan fingerprint density at radius 1 is 1.20 bits per heavy atom. The van der Waals surface area contributed by atoms with Crippen LogP contribution in [0.2, 0.25) is 13.7 Å². The van der Waals surface area contributed by atoms with Gasteiger partial charge < -0.3 is 0 Å². The van der Waals surface area contributed by atoms with Gasteiger partial charge in [-0.3, -0.25) is 0 Å². The predicted octanol–water partition coefficient (Wildman–Crippen LogP) is 4.50. The lowest BCUT2D eigenvalue weighted by Crippen LogP contribution is -2.23. The number of sulfonamides is 1. The first kappa shape index (κ1) is 16.1. The van der Waals surface area contributed by atoms with Gasteiger partial charge in [-0.1, -0.05) is 40.9 Å². The molecule has 0 saturated heterocycles. The molecule has 0 unspecified atom stereocenters. The summed E-state index contributed by atoms with van der Waals surface area (Å²) in [5, 5.41) is 0.557. The third kappa shape index (κ3) is 3.67. The minimum atomic E-state index is -3.70. The number of aryl methyl sites for hydroxylation is 1. The van der Waals surface area contributed by atoms with E-state index in [-0.39, 0.29) is 15.8 Å². The number of rotatable bonds is 4. The minimum Gasteiger partial charge on any atom is -0.207 e. The highest BCUT2D eigenvalue weighted by molar-refractivity contribution is 7.89. The average molecular weight is 371 g/mol. The standard InChI is InChI=1S/C12H10Cl3NO2S2/c1-7-2-3-9(13)4-8(7)6-16-20(17,18)10-5-11(14)19-12(10)15/h2-5,16H,6H2,1H3. The summed E-state index contributed by atoms with van der Waals surface area (Å²) in [6.07, 6.45) is 0. The minimum absolute atomic E-state index is 0.00570. The molecular weight excluding hydrogens is 361 g/mol. The van der Waals surface area contributed by atoms with Crippen LogP contribution in [0.4, 0.5) is 0 Å². The molecule has 0 aliphatic carbocycles. The Labute approximate surface area is 136 Å². The van der Waals surface area contributed by atoms with Crippen LogP contribution in [-0.4, -0.2) is 8.42 Å². The van der Waals surface area contributed by atoms with Gasteiger partial charge in [0.25, 0.3) is 0 Å². The van der Waals surface area contributed by atoms with Crippen LogP contribution < -0.4 is 4.72 Å². The van der Waals surface area contributed by atoms with Crippen LogP contribution in [0, 0.1) is 6.92 Å². The summed E-state index contributed by atoms with van der Waals surface area (Å²) in [4.78, 5) is -0.00570. The van der Waals surface area contributed by atoms with E-state index in [0.29, 0.717) is 9.36 Å². The van der Waals surface area contributed by atoms with Crippen molar-refractivity contribution in [2.45, 2.75) is 18.4 Å². The molecule has 0 aliphatic heterocycles. The smallest absolute Gasteiger partial charge is 0.207 e. The van der Waals surface area contributed by atoms with Gasteiger partial charge in [-0.2, -0.15) is 0 Å². The van der Waals surface area contributed by atoms with Crippen LogP contribution in [0.15, 0.2) is 29.2 Å². The van der Waals surface area contributed by atoms with Gasteiger partial charge in [0.15, 0.2) is 0 Å². The second kappa shape index (κ2) is 6.22. The highest BCUT2D eigenvalue weighted by Gasteiger charge is 2.20. The molecule has 2 aromatic rings. The molecule has 2 rings (SSSR count). The molecule has 0 fully saturated rings. The van der Waals surface area contributed by atoms with Crippen molar-refractivity contribution < 1.29 is 8.42 Å². The molecule has 0 atom stereocenters. The van der Waals surface area contributed by atoms with Crippen molar-refractivity contribution >= 4 is 56.2 Å². The van der Waals surface area contributed by atoms with E-state index in [1.807, 2.05) is 13.0 Å². The number of benzene rings is 1. The molecule has 1 aromatic carbocycles. The molecule has 0 radical (unpaired) electrons. The van der Waals surface area contributed by atoms with Gasteiger partial charge in [0.05, 0.1) is 4.34 Å². The Hall–Kier alpha value is -0.300. The van der Waals surface area contributed by atoms with Crippen molar-refractivity contribution in [2.24, 2.45) is 0 Å². The van der Waals surface area contributed by atoms with Gasteiger partial charge in [-0.15, -0.1) is 11.3 Å². The van der Waals surface area contributed by atoms with Crippen LogP contribution in [0.5, 0.6) is 0 Å². The summed E-state index contributed by atoms with van der Waals surface area (Å²) in [7, 11) is -3.70. The molecule has 1 heterocycles. The molecule has 1 aromatic heterocycles. The number of hydrogen-bond donors (Lipinski definition) is 1. The van der Waals surface area contributed by atoms with Crippen molar-refractivity contribution in [1.29, 1.82) is 0 Å². The Morgan fingerprint density at radius 2 is 1.90 bits per heavy atom. The van der Waals surface area contributed by atoms with E-state index < -0.39 is 10.0 Å². The summed E-state index contributed by atoms with van der Waals surface area (Å²) in [5.74, 6) is 0. The molecule has 0 bridgehead atoms. The second-order valence-corrected chi connectivity index (χ2v) is 8.54. The monoisotopic (exact) mass is 369 g/mol. The first-order chi connectivity index (χ1) is 9.29. The summed E-state index contributed by atoms with van der Waals surface area (Å²) in [6, 6.07) is 6.65. The van der Waals surface area contributed by atoms with Crippen LogP contribution in [-0.2, 0) is 16.6 Å². The lowest BCUT2D eigenvalue weighted by atomic mass is 10.1. The van der Waals surface area contributed by atoms with Crippen LogP contribution in [0.3, 0.4) is 0 Å². The zero-order chi connectivity index (χ0) is 14.9. The van der Waals surface area contributed by atoms with E-state index >= 15 is 0 Å². The third-order valence-corrected chi connectivity index (χ3v) is 6.07. The van der Waals surface area contributed by atoms with E-state index in [2.05, 4.69) is 4.72 Å². The molecule has 0 aliphatic rings. The first-order valence-electron chi connectivity index (χ1n) is 5.49. The number of halogens is 3. The maximum absolute atomic E-state index is 12.2. The number of nitrogens with one attached hydrogen (secondary N) is 1. The molecule has 0 amide bonds. The zero-order valence-electron chi connectivity index (χ0n) is 10.3. The van der Waals surface area contributed by atoms with Gasteiger partial charge in [0, 0.05) is 11.6 Å². The highest BCUT2D eigenvalue weighted by atomic mass is 35.5. The van der Waals surface area contributed by atoms with Gasteiger partial charge in [-0.05, 0) is 36.2 Å². The SMILES string of the molecule is Cc1ccc(Cl)cc1CNS(=O)(=O)c1cc(Cl)sc1Cl. The Balaban J connectivity index is 2.21. The van der Waals surface area contributed by atoms with Gasteiger partial charge in [0.2, 0.25) is 10.0 Å². The number of thiophene rings is 1. The highest BCUT2D eigenvalue weighted by Crippen LogP contribution is 2.34. The first-order valence-corrected chi connectivity index (χ1v) is 8.92. The quantitative estimate of drug-likeness (QED) is 0.861. The molecule has 1 N–H and O–H groups in total. The Bertz CT molecular complexity index is 741. The molecular formula is C12H10Cl3NO2S2. The van der Waals surface area contributed by atoms with E-state index in [4.69, 9.17) is 34.8 Å². The van der Waals surface area contributed by atoms with Crippen LogP contribution in [0.1, 0.15) is 11.1 Å². The van der Waals surface area contributed by atoms with Crippen molar-refractivity contribution in [1.82, 2.24) is 4.72 Å². The Kier molecular flexibility index (Phi) is 5.00. The van der Waals surface area contributed by atoms with Crippen molar-refractivity contribution in [3.8, 4) is 0 Å². The molecule has 108 valence electrons. The fraction of sp³-hybridized carbons (Fsp3) is 0.167. The topological polar surface area (TPSA) is 46.2 Å². The van der Waals surface area contributed by atoms with Crippen molar-refractivity contribution in [2.75, 3.05) is 0 Å². The molecule has 3 nitrogen and oxygen atoms in total. The Morgan fingerprint density at radius 3 is 2.50 bits per heavy atom. The molecule has 0 spiro atoms. The van der Waals surface area contributed by atoms with Gasteiger partial charge in [0.1, 0.15) is 9.23 Å². The lowest BCUT2D eigenvalue weighted by Gasteiger charge is -2.08. The van der Waals surface area contributed by atoms with Gasteiger partial charge >= 0.3 is 0 Å². The molecule has 8 heteroatoms. The van der Waals surface area contributed by atoms with Crippen LogP contribution in [0.25, 0.3) is 0 Å². The maximum Gasteiger partial charge on any atom is 0.243 e. The zero-order valence-corrected chi connectivity index (χ0v) is 14.2. The number of hydrogen-bond acceptors (Lipinski definition) is 3. The molecule has 20 heavy (non-hydrogen) atoms. The summed E-state index contributed by atoms with van der Waals surface area (Å²) in [6.45, 7) is 2.02. The largest absolute Gasteiger partial charge is 0.243 e. The summed E-state index contributed by atoms with van der Waals surface area (Å²) in [5.41, 5.74) is 1.75. The fourth-order valence-corrected chi connectivity index (χ4v) is 4.94. The van der Waals surface area contributed by atoms with E-state index in [9.17, 15) is 8.42 Å². The van der Waals surface area contributed by atoms with Crippen LogP contribution >= 0.6 is 46.1 Å². The fourth-order valence-electron chi connectivity index (χ4n) is 1.59. The normalized spacial score (nSPS) is 11.8. The predicted molar refractivity (Wildman–Crippen MR) is 84.6 cm³/mol. The van der Waals surface area contributed by atoms with Crippen molar-refractivity contribution in [3.05, 3.63) is 49.1 Å². The maximum atomic E-state index is 12.2. The van der Waals surface area contributed by atoms with Crippen molar-refractivity contribution in [3.63, 3.8) is 0 Å². The summed E-state index contributed by atoms with van der Waals surface area (Å²) >= 11 is 18.5. The lowest BCUT2D eigenvalue weighted by molar-refractivity contribution is 0.581. The van der Waals surface area contributed by atoms with E-state index in [1.54, 1.807) is 12.1 Å². The second-order valence-electron chi connectivity index (χ2n) is 4.08. The van der Waals surface area contributed by atoms with E-state index in [1.165, 1.54) is 6.07 Å². The third-order valence-electron chi connectivity index (χ3n) is 2.68. The summed E-state index contributed by atoms with van der Waals surface area (Å²) < 4.78 is 27.3. The van der Waals surface area contributed by atoms with E-state index in [0.717, 1.165) is 22.5 Å².